The summed E-state index contributed by atoms with van der Waals surface area (Å²) in [7, 11) is 3.64. The van der Waals surface area contributed by atoms with Crippen molar-refractivity contribution in [2.75, 3.05) is 19.0 Å². The van der Waals surface area contributed by atoms with E-state index in [1.54, 1.807) is 24.3 Å². The number of Topliss-reactive ketones (excluding diaryl/α,β-unsaturated/α-hetero) is 2. The number of phenolic OH excluding ortho intramolecular Hbond substituents is 2. The maximum absolute atomic E-state index is 13.7. The van der Waals surface area contributed by atoms with Gasteiger partial charge in [0, 0.05) is 49.9 Å². The number of nitrogens with two attached hydrogens (primary N) is 1. The Kier molecular flexibility index (Phi) is 6.85. The number of primary amides is 1. The minimum Gasteiger partial charge on any atom is -0.508 e. The van der Waals surface area contributed by atoms with E-state index in [1.165, 1.54) is 0 Å². The molecule has 3 aliphatic carbocycles. The molecule has 212 valence electrons. The Balaban J connectivity index is 1.54. The number of nitrogens with one attached hydrogen (secondary N) is 1. The van der Waals surface area contributed by atoms with E-state index in [-0.39, 0.29) is 48.4 Å². The summed E-state index contributed by atoms with van der Waals surface area (Å²) < 4.78 is 0. The van der Waals surface area contributed by atoms with Gasteiger partial charge in [0.25, 0.3) is 0 Å². The van der Waals surface area contributed by atoms with Crippen molar-refractivity contribution in [1.29, 1.82) is 0 Å². The number of carbonyl (C=O) groups is 3. The Morgan fingerprint density at radius 3 is 2.40 bits per heavy atom. The lowest BCUT2D eigenvalue weighted by Crippen LogP contribution is -2.66. The van der Waals surface area contributed by atoms with E-state index in [0.29, 0.717) is 17.7 Å². The highest BCUT2D eigenvalue weighted by Crippen LogP contribution is 2.53. The molecule has 11 heteroatoms. The van der Waals surface area contributed by atoms with Gasteiger partial charge in [0.2, 0.25) is 11.7 Å². The first kappa shape index (κ1) is 27.6. The predicted octanol–water partition coefficient (Wildman–Crippen LogP) is 0.650. The van der Waals surface area contributed by atoms with Crippen LogP contribution in [0.1, 0.15) is 35.1 Å². The Morgan fingerprint density at radius 1 is 1.10 bits per heavy atom. The van der Waals surface area contributed by atoms with Crippen LogP contribution in [0.2, 0.25) is 0 Å². The van der Waals surface area contributed by atoms with Gasteiger partial charge < -0.3 is 41.5 Å². The quantitative estimate of drug-likeness (QED) is 0.251. The van der Waals surface area contributed by atoms with Crippen LogP contribution in [0.4, 0.5) is 5.69 Å². The van der Waals surface area contributed by atoms with Crippen molar-refractivity contribution in [3.05, 3.63) is 58.2 Å². The van der Waals surface area contributed by atoms with E-state index in [0.717, 1.165) is 11.3 Å². The molecule has 11 nitrogen and oxygen atoms in total. The highest BCUT2D eigenvalue weighted by molar-refractivity contribution is 6.24. The Hall–Kier alpha value is -3.93. The Bertz CT molecular complexity index is 1430. The molecule has 0 saturated heterocycles. The first-order valence-electron chi connectivity index (χ1n) is 13.1. The number of aliphatic hydroxyl groups is 3. The number of anilines is 1. The van der Waals surface area contributed by atoms with E-state index < -0.39 is 52.7 Å². The number of carbonyl (C=O) groups excluding carboxylic acids is 3. The van der Waals surface area contributed by atoms with Crippen molar-refractivity contribution < 1.29 is 39.9 Å². The van der Waals surface area contributed by atoms with Crippen molar-refractivity contribution in [2.45, 2.75) is 44.1 Å². The number of benzene rings is 2. The molecule has 40 heavy (non-hydrogen) atoms. The number of phenols is 2. The van der Waals surface area contributed by atoms with Crippen molar-refractivity contribution in [3.8, 4) is 11.5 Å². The maximum Gasteiger partial charge on any atom is 0.230 e. The number of hydrogen-bond donors (Lipinski definition) is 7. The van der Waals surface area contributed by atoms with Crippen LogP contribution in [0.3, 0.4) is 0 Å². The highest BCUT2D eigenvalue weighted by Gasteiger charge is 2.64. The summed E-state index contributed by atoms with van der Waals surface area (Å²) in [6.45, 7) is 0.647. The van der Waals surface area contributed by atoms with Crippen molar-refractivity contribution >= 4 is 28.9 Å². The van der Waals surface area contributed by atoms with Crippen LogP contribution < -0.4 is 16.0 Å². The molecule has 2 aromatic carbocycles. The number of rotatable bonds is 6. The second-order valence-electron chi connectivity index (χ2n) is 11.2. The van der Waals surface area contributed by atoms with Crippen LogP contribution in [-0.4, -0.2) is 68.8 Å². The number of amides is 1. The van der Waals surface area contributed by atoms with Crippen molar-refractivity contribution in [2.24, 2.45) is 23.5 Å². The minimum atomic E-state index is -2.61. The second kappa shape index (κ2) is 9.92. The highest BCUT2D eigenvalue weighted by atomic mass is 16.3. The first-order chi connectivity index (χ1) is 18.9. The van der Waals surface area contributed by atoms with Gasteiger partial charge in [-0.15, -0.1) is 0 Å². The van der Waals surface area contributed by atoms with Gasteiger partial charge in [-0.05, 0) is 54.5 Å². The molecule has 2 aromatic rings. The summed E-state index contributed by atoms with van der Waals surface area (Å²) in [6, 6.07) is 8.47. The monoisotopic (exact) mass is 551 g/mol. The van der Waals surface area contributed by atoms with Crippen LogP contribution in [-0.2, 0) is 33.9 Å². The molecule has 5 atom stereocenters. The zero-order valence-electron chi connectivity index (χ0n) is 22.2. The van der Waals surface area contributed by atoms with Gasteiger partial charge in [0.05, 0.1) is 11.7 Å². The average Bonchev–Trinajstić information content (AvgIpc) is 2.88. The SMILES string of the molecule is CN(C)c1cc(CNCc2ccc(O)cc2)c(O)c2c1C[C@H]1C[C@H]3CC(O)C(C(N)=O)C(=O)[C@@]3(O)C(=O)C1=C2O. The van der Waals surface area contributed by atoms with E-state index in [2.05, 4.69) is 5.32 Å². The molecule has 2 fully saturated rings. The van der Waals surface area contributed by atoms with Crippen LogP contribution in [0.25, 0.3) is 5.76 Å². The smallest absolute Gasteiger partial charge is 0.230 e. The number of fused-ring (bicyclic) bond motifs is 3. The number of nitrogens with zero attached hydrogens (tertiary/aromatic N) is 1. The van der Waals surface area contributed by atoms with Crippen LogP contribution >= 0.6 is 0 Å². The lowest BCUT2D eigenvalue weighted by molar-refractivity contribution is -0.174. The van der Waals surface area contributed by atoms with Gasteiger partial charge in [0.15, 0.2) is 11.4 Å². The largest absolute Gasteiger partial charge is 0.508 e. The standard InChI is InChI=1S/C29H33N3O8/c1-32(2)19-9-15(12-31-11-13-3-5-17(33)6-4-13)24(35)22-18(19)8-14-7-16-10-20(34)23(28(30)39)27(38)29(16,40)26(37)21(14)25(22)36/h3-6,9,14,16,20,23,31,33-36,40H,7-8,10-12H2,1-2H3,(H2,30,39)/t14-,16+,20?,23?,29+/m1/s1. The minimum absolute atomic E-state index is 0.0593. The second-order valence-corrected chi connectivity index (χ2v) is 11.2. The van der Waals surface area contributed by atoms with E-state index in [9.17, 15) is 39.9 Å². The summed E-state index contributed by atoms with van der Waals surface area (Å²) in [5, 5.41) is 57.3. The summed E-state index contributed by atoms with van der Waals surface area (Å²) in [5.41, 5.74) is 5.28. The fraction of sp³-hybridized carbons (Fsp3) is 0.414. The molecule has 0 aromatic heterocycles. The topological polar surface area (TPSA) is 194 Å². The van der Waals surface area contributed by atoms with E-state index in [4.69, 9.17) is 5.73 Å². The molecule has 0 spiro atoms. The van der Waals surface area contributed by atoms with Crippen LogP contribution in [0.5, 0.6) is 11.5 Å². The zero-order valence-corrected chi connectivity index (χ0v) is 22.2. The summed E-state index contributed by atoms with van der Waals surface area (Å²) in [6.07, 6.45) is -1.23. The fourth-order valence-corrected chi connectivity index (χ4v) is 6.52. The molecule has 5 rings (SSSR count). The fourth-order valence-electron chi connectivity index (χ4n) is 6.52. The van der Waals surface area contributed by atoms with Gasteiger partial charge in [-0.1, -0.05) is 12.1 Å². The molecule has 0 radical (unpaired) electrons. The van der Waals surface area contributed by atoms with Gasteiger partial charge in [0.1, 0.15) is 23.2 Å². The van der Waals surface area contributed by atoms with E-state index >= 15 is 0 Å². The lowest BCUT2D eigenvalue weighted by Gasteiger charge is -2.48. The third-order valence-electron chi connectivity index (χ3n) is 8.50. The molecule has 1 amide bonds. The molecular formula is C29H33N3O8. The number of ketones is 2. The molecule has 2 unspecified atom stereocenters. The molecular weight excluding hydrogens is 518 g/mol. The molecule has 2 saturated carbocycles. The summed E-state index contributed by atoms with van der Waals surface area (Å²) in [4.78, 5) is 40.6. The molecule has 3 aliphatic rings. The molecule has 8 N–H and O–H groups in total. The number of hydrogen-bond acceptors (Lipinski definition) is 10. The molecule has 0 heterocycles. The number of aromatic hydroxyl groups is 2. The maximum atomic E-state index is 13.7. The third kappa shape index (κ3) is 4.21. The lowest BCUT2D eigenvalue weighted by atomic mass is 9.56. The van der Waals surface area contributed by atoms with Crippen LogP contribution in [0.15, 0.2) is 35.9 Å². The van der Waals surface area contributed by atoms with Crippen molar-refractivity contribution in [3.63, 3.8) is 0 Å². The average molecular weight is 552 g/mol. The number of aliphatic hydroxyl groups excluding tert-OH is 2. The van der Waals surface area contributed by atoms with E-state index in [1.807, 2.05) is 25.1 Å². The van der Waals surface area contributed by atoms with Gasteiger partial charge in [-0.2, -0.15) is 0 Å². The molecule has 0 bridgehead atoms. The van der Waals surface area contributed by atoms with Gasteiger partial charge in [-0.3, -0.25) is 14.4 Å². The Morgan fingerprint density at radius 2 is 1.77 bits per heavy atom. The predicted molar refractivity (Wildman–Crippen MR) is 144 cm³/mol. The van der Waals surface area contributed by atoms with Crippen LogP contribution in [0, 0.1) is 17.8 Å². The molecule has 0 aliphatic heterocycles. The van der Waals surface area contributed by atoms with Gasteiger partial charge in [-0.25, -0.2) is 0 Å². The van der Waals surface area contributed by atoms with Crippen molar-refractivity contribution in [1.82, 2.24) is 5.32 Å². The first-order valence-corrected chi connectivity index (χ1v) is 13.1. The summed E-state index contributed by atoms with van der Waals surface area (Å²) in [5.74, 6) is -7.19. The third-order valence-corrected chi connectivity index (χ3v) is 8.50. The Labute approximate surface area is 230 Å². The normalized spacial score (nSPS) is 27.6. The zero-order chi connectivity index (χ0) is 29.1. The summed E-state index contributed by atoms with van der Waals surface area (Å²) >= 11 is 0. The van der Waals surface area contributed by atoms with Gasteiger partial charge >= 0.3 is 0 Å².